The summed E-state index contributed by atoms with van der Waals surface area (Å²) in [5.74, 6) is -0.0716. The monoisotopic (exact) mass is 270 g/mol. The highest BCUT2D eigenvalue weighted by atomic mass is 16.5. The van der Waals surface area contributed by atoms with Gasteiger partial charge in [-0.1, -0.05) is 19.8 Å². The molecule has 0 saturated carbocycles. The zero-order valence-corrected chi connectivity index (χ0v) is 13.2. The largest absolute Gasteiger partial charge is 0.468 e. The second-order valence-corrected chi connectivity index (χ2v) is 6.38. The Hall–Kier alpha value is -0.610. The molecule has 0 aromatic heterocycles. The molecule has 1 atom stereocenters. The summed E-state index contributed by atoms with van der Waals surface area (Å²) >= 11 is 0. The molecule has 1 unspecified atom stereocenters. The van der Waals surface area contributed by atoms with Crippen LogP contribution in [-0.2, 0) is 9.53 Å². The number of hydrogen-bond donors (Lipinski definition) is 0. The Morgan fingerprint density at radius 2 is 1.79 bits per heavy atom. The van der Waals surface area contributed by atoms with Crippen LogP contribution in [0.1, 0.15) is 47.0 Å². The average molecular weight is 270 g/mol. The van der Waals surface area contributed by atoms with Crippen LogP contribution in [0.4, 0.5) is 0 Å². The summed E-state index contributed by atoms with van der Waals surface area (Å²) in [5, 5.41) is 0. The number of nitrogens with zero attached hydrogens (tertiary/aromatic N) is 2. The first-order chi connectivity index (χ1) is 8.90. The number of hydrogen-bond acceptors (Lipinski definition) is 4. The van der Waals surface area contributed by atoms with Crippen molar-refractivity contribution in [2.24, 2.45) is 0 Å². The van der Waals surface area contributed by atoms with Gasteiger partial charge in [-0.3, -0.25) is 14.6 Å². The molecule has 112 valence electrons. The molecule has 0 aromatic rings. The van der Waals surface area contributed by atoms with Crippen LogP contribution in [0.2, 0.25) is 0 Å². The van der Waals surface area contributed by atoms with Crippen LogP contribution in [0.15, 0.2) is 0 Å². The van der Waals surface area contributed by atoms with E-state index in [0.29, 0.717) is 0 Å². The molecule has 0 amide bonds. The van der Waals surface area contributed by atoms with Crippen molar-refractivity contribution < 1.29 is 9.53 Å². The number of carbonyl (C=O) groups excluding carboxylic acids is 1. The summed E-state index contributed by atoms with van der Waals surface area (Å²) in [6.45, 7) is 12.9. The van der Waals surface area contributed by atoms with Crippen molar-refractivity contribution in [3.8, 4) is 0 Å². The fraction of sp³-hybridized carbons (Fsp3) is 0.933. The molecule has 1 aliphatic rings. The van der Waals surface area contributed by atoms with Crippen molar-refractivity contribution in [3.63, 3.8) is 0 Å². The molecule has 4 heteroatoms. The van der Waals surface area contributed by atoms with E-state index in [0.717, 1.165) is 45.4 Å². The average Bonchev–Trinajstić information content (AvgIpc) is 2.38. The fourth-order valence-electron chi connectivity index (χ4n) is 2.69. The predicted molar refractivity (Wildman–Crippen MR) is 78.2 cm³/mol. The van der Waals surface area contributed by atoms with Crippen molar-refractivity contribution in [2.75, 3.05) is 33.3 Å². The first-order valence-corrected chi connectivity index (χ1v) is 7.47. The van der Waals surface area contributed by atoms with Crippen LogP contribution in [0, 0.1) is 0 Å². The summed E-state index contributed by atoms with van der Waals surface area (Å²) < 4.78 is 4.96. The Labute approximate surface area is 118 Å². The van der Waals surface area contributed by atoms with Crippen LogP contribution in [0.5, 0.6) is 0 Å². The van der Waals surface area contributed by atoms with E-state index in [4.69, 9.17) is 4.74 Å². The molecule has 1 rings (SSSR count). The van der Waals surface area contributed by atoms with E-state index in [-0.39, 0.29) is 17.6 Å². The molecule has 1 saturated heterocycles. The van der Waals surface area contributed by atoms with Crippen LogP contribution < -0.4 is 0 Å². The third kappa shape index (κ3) is 4.77. The molecule has 0 radical (unpaired) electrons. The van der Waals surface area contributed by atoms with E-state index in [1.54, 1.807) is 0 Å². The summed E-state index contributed by atoms with van der Waals surface area (Å²) in [6, 6.07) is -0.0490. The summed E-state index contributed by atoms with van der Waals surface area (Å²) in [7, 11) is 1.49. The first-order valence-electron chi connectivity index (χ1n) is 7.47. The highest BCUT2D eigenvalue weighted by Gasteiger charge is 2.32. The second kappa shape index (κ2) is 7.25. The van der Waals surface area contributed by atoms with Gasteiger partial charge in [0.15, 0.2) is 0 Å². The number of methoxy groups -OCH3 is 1. The fourth-order valence-corrected chi connectivity index (χ4v) is 2.69. The minimum atomic E-state index is -0.0716. The summed E-state index contributed by atoms with van der Waals surface area (Å²) in [6.07, 6.45) is 3.12. The molecule has 0 N–H and O–H groups in total. The number of rotatable bonds is 5. The van der Waals surface area contributed by atoms with E-state index < -0.39 is 0 Å². The number of ether oxygens (including phenoxy) is 1. The van der Waals surface area contributed by atoms with E-state index in [1.807, 2.05) is 0 Å². The number of esters is 1. The molecule has 0 aromatic carbocycles. The highest BCUT2D eigenvalue weighted by Crippen LogP contribution is 2.19. The Bertz CT molecular complexity index is 278. The Morgan fingerprint density at radius 3 is 2.21 bits per heavy atom. The van der Waals surface area contributed by atoms with Gasteiger partial charge < -0.3 is 4.74 Å². The lowest BCUT2D eigenvalue weighted by Gasteiger charge is -2.44. The molecule has 4 nitrogen and oxygen atoms in total. The molecule has 19 heavy (non-hydrogen) atoms. The smallest absolute Gasteiger partial charge is 0.323 e. The zero-order valence-electron chi connectivity index (χ0n) is 13.2. The second-order valence-electron chi connectivity index (χ2n) is 6.38. The van der Waals surface area contributed by atoms with Crippen LogP contribution in [-0.4, -0.2) is 60.6 Å². The zero-order chi connectivity index (χ0) is 14.5. The van der Waals surface area contributed by atoms with E-state index in [9.17, 15) is 4.79 Å². The minimum absolute atomic E-state index is 0.0490. The summed E-state index contributed by atoms with van der Waals surface area (Å²) in [5.41, 5.74) is 0.219. The van der Waals surface area contributed by atoms with Gasteiger partial charge in [0.05, 0.1) is 7.11 Å². The van der Waals surface area contributed by atoms with Gasteiger partial charge in [-0.15, -0.1) is 0 Å². The van der Waals surface area contributed by atoms with Gasteiger partial charge in [-0.2, -0.15) is 0 Å². The first kappa shape index (κ1) is 16.4. The summed E-state index contributed by atoms with van der Waals surface area (Å²) in [4.78, 5) is 16.7. The molecule has 1 fully saturated rings. The Morgan fingerprint density at radius 1 is 1.21 bits per heavy atom. The third-order valence-corrected chi connectivity index (χ3v) is 4.01. The molecular formula is C15H30N2O2. The lowest BCUT2D eigenvalue weighted by Crippen LogP contribution is -2.57. The molecule has 0 bridgehead atoms. The van der Waals surface area contributed by atoms with Gasteiger partial charge in [-0.25, -0.2) is 0 Å². The van der Waals surface area contributed by atoms with Crippen molar-refractivity contribution in [3.05, 3.63) is 0 Å². The van der Waals surface area contributed by atoms with E-state index in [1.165, 1.54) is 7.11 Å². The van der Waals surface area contributed by atoms with Gasteiger partial charge in [-0.05, 0) is 27.2 Å². The molecule has 1 aliphatic heterocycles. The van der Waals surface area contributed by atoms with Gasteiger partial charge in [0, 0.05) is 31.7 Å². The van der Waals surface area contributed by atoms with Gasteiger partial charge in [0.2, 0.25) is 0 Å². The lowest BCUT2D eigenvalue weighted by atomic mass is 10.0. The highest BCUT2D eigenvalue weighted by molar-refractivity contribution is 5.75. The van der Waals surface area contributed by atoms with Crippen LogP contribution in [0.25, 0.3) is 0 Å². The third-order valence-electron chi connectivity index (χ3n) is 4.01. The Kier molecular flexibility index (Phi) is 6.27. The maximum atomic E-state index is 11.9. The van der Waals surface area contributed by atoms with Crippen molar-refractivity contribution in [2.45, 2.75) is 58.5 Å². The van der Waals surface area contributed by atoms with Crippen LogP contribution >= 0.6 is 0 Å². The standard InChI is InChI=1S/C15H30N2O2/c1-6-7-8-13(14(18)19-5)16-9-11-17(12-10-16)15(2,3)4/h13H,6-12H2,1-5H3. The maximum absolute atomic E-state index is 11.9. The van der Waals surface area contributed by atoms with Gasteiger partial charge in [0.25, 0.3) is 0 Å². The van der Waals surface area contributed by atoms with Crippen LogP contribution in [0.3, 0.4) is 0 Å². The Balaban J connectivity index is 2.56. The SMILES string of the molecule is CCCCC(C(=O)OC)N1CCN(C(C)(C)C)CC1. The predicted octanol–water partition coefficient (Wildman–Crippen LogP) is 2.13. The molecule has 0 aliphatic carbocycles. The van der Waals surface area contributed by atoms with Gasteiger partial charge >= 0.3 is 5.97 Å². The quantitative estimate of drug-likeness (QED) is 0.717. The lowest BCUT2D eigenvalue weighted by molar-refractivity contribution is -0.148. The number of piperazine rings is 1. The normalized spacial score (nSPS) is 20.3. The maximum Gasteiger partial charge on any atom is 0.323 e. The molecule has 1 heterocycles. The van der Waals surface area contributed by atoms with Crippen molar-refractivity contribution in [1.82, 2.24) is 9.80 Å². The van der Waals surface area contributed by atoms with Gasteiger partial charge in [0.1, 0.15) is 6.04 Å². The van der Waals surface area contributed by atoms with Crippen molar-refractivity contribution >= 4 is 5.97 Å². The molecule has 0 spiro atoms. The molecular weight excluding hydrogens is 240 g/mol. The van der Waals surface area contributed by atoms with E-state index >= 15 is 0 Å². The van der Waals surface area contributed by atoms with Crippen molar-refractivity contribution in [1.29, 1.82) is 0 Å². The minimum Gasteiger partial charge on any atom is -0.468 e. The number of carbonyl (C=O) groups is 1. The topological polar surface area (TPSA) is 32.8 Å². The van der Waals surface area contributed by atoms with E-state index in [2.05, 4.69) is 37.5 Å². The number of unbranched alkanes of at least 4 members (excludes halogenated alkanes) is 1.